The number of carbonyl (C=O) groups excluding carboxylic acids is 4. The second-order valence-corrected chi connectivity index (χ2v) is 8.42. The summed E-state index contributed by atoms with van der Waals surface area (Å²) in [4.78, 5) is 52.8. The van der Waals surface area contributed by atoms with Gasteiger partial charge in [-0.2, -0.15) is 5.10 Å². The van der Waals surface area contributed by atoms with Gasteiger partial charge in [0.1, 0.15) is 11.8 Å². The molecule has 3 aliphatic rings. The van der Waals surface area contributed by atoms with Crippen molar-refractivity contribution in [1.29, 1.82) is 0 Å². The predicted octanol–water partition coefficient (Wildman–Crippen LogP) is 2.86. The number of esters is 1. The molecule has 2 fully saturated rings. The van der Waals surface area contributed by atoms with E-state index in [1.165, 1.54) is 37.4 Å². The zero-order valence-electron chi connectivity index (χ0n) is 17.4. The Balaban J connectivity index is 1.51. The van der Waals surface area contributed by atoms with Gasteiger partial charge >= 0.3 is 5.97 Å². The standard InChI is InChI=1S/C24H18ClN3O5/c1-13(29)33-17-10-4-14(5-11-17)22(30)21-20-19(18-3-2-12-26-28(18)21)23(31)27(24(20)32)16-8-6-15(25)7-9-16/h2-12,18-21H,1H3/t18-,19-,20-,21-/m1/s1. The topological polar surface area (TPSA) is 96.3 Å². The molecule has 3 heterocycles. The molecule has 8 nitrogen and oxygen atoms in total. The summed E-state index contributed by atoms with van der Waals surface area (Å²) < 4.78 is 5.02. The van der Waals surface area contributed by atoms with E-state index in [2.05, 4.69) is 5.10 Å². The monoisotopic (exact) mass is 463 g/mol. The number of hydrazone groups is 1. The summed E-state index contributed by atoms with van der Waals surface area (Å²) >= 11 is 5.96. The molecular formula is C24H18ClN3O5. The number of rotatable bonds is 4. The van der Waals surface area contributed by atoms with E-state index in [4.69, 9.17) is 16.3 Å². The lowest BCUT2D eigenvalue weighted by molar-refractivity contribution is -0.132. The van der Waals surface area contributed by atoms with Crippen LogP contribution in [0.3, 0.4) is 0 Å². The third-order valence-corrected chi connectivity index (χ3v) is 6.30. The highest BCUT2D eigenvalue weighted by atomic mass is 35.5. The van der Waals surface area contributed by atoms with Crippen LogP contribution in [0.15, 0.2) is 65.8 Å². The molecule has 4 atom stereocenters. The van der Waals surface area contributed by atoms with Crippen LogP contribution in [0.2, 0.25) is 5.02 Å². The molecule has 5 rings (SSSR count). The van der Waals surface area contributed by atoms with Crippen LogP contribution < -0.4 is 9.64 Å². The lowest BCUT2D eigenvalue weighted by atomic mass is 9.86. The van der Waals surface area contributed by atoms with E-state index in [1.807, 2.05) is 0 Å². The van der Waals surface area contributed by atoms with Crippen molar-refractivity contribution >= 4 is 47.1 Å². The van der Waals surface area contributed by atoms with E-state index in [0.29, 0.717) is 22.0 Å². The average molecular weight is 464 g/mol. The molecule has 2 saturated heterocycles. The Hall–Kier alpha value is -3.78. The number of hydrogen-bond donors (Lipinski definition) is 0. The fourth-order valence-electron chi connectivity index (χ4n) is 4.71. The quantitative estimate of drug-likeness (QED) is 0.299. The van der Waals surface area contributed by atoms with Crippen molar-refractivity contribution in [3.63, 3.8) is 0 Å². The van der Waals surface area contributed by atoms with Crippen LogP contribution in [0, 0.1) is 11.8 Å². The minimum Gasteiger partial charge on any atom is -0.427 e. The minimum absolute atomic E-state index is 0.307. The van der Waals surface area contributed by atoms with E-state index in [1.54, 1.807) is 41.4 Å². The van der Waals surface area contributed by atoms with Gasteiger partial charge in [0.05, 0.1) is 23.6 Å². The maximum absolute atomic E-state index is 13.6. The van der Waals surface area contributed by atoms with Crippen molar-refractivity contribution < 1.29 is 23.9 Å². The Bertz CT molecular complexity index is 1220. The van der Waals surface area contributed by atoms with Crippen molar-refractivity contribution in [1.82, 2.24) is 5.01 Å². The largest absolute Gasteiger partial charge is 0.427 e. The number of allylic oxidation sites excluding steroid dienone is 1. The first-order chi connectivity index (χ1) is 15.9. The fraction of sp³-hybridized carbons (Fsp3) is 0.208. The third kappa shape index (κ3) is 3.43. The number of benzene rings is 2. The van der Waals surface area contributed by atoms with E-state index in [0.717, 1.165) is 4.90 Å². The number of ether oxygens (including phenoxy) is 1. The predicted molar refractivity (Wildman–Crippen MR) is 120 cm³/mol. The van der Waals surface area contributed by atoms with Crippen molar-refractivity contribution in [3.05, 3.63) is 71.3 Å². The first-order valence-corrected chi connectivity index (χ1v) is 10.7. The van der Waals surface area contributed by atoms with E-state index < -0.39 is 35.8 Å². The fourth-order valence-corrected chi connectivity index (χ4v) is 4.83. The number of fused-ring (bicyclic) bond motifs is 3. The molecule has 33 heavy (non-hydrogen) atoms. The minimum atomic E-state index is -0.950. The number of hydrogen-bond acceptors (Lipinski definition) is 7. The molecule has 2 aromatic carbocycles. The Morgan fingerprint density at radius 2 is 1.64 bits per heavy atom. The average Bonchev–Trinajstić information content (AvgIpc) is 3.27. The van der Waals surface area contributed by atoms with Gasteiger partial charge in [-0.1, -0.05) is 17.7 Å². The number of imide groups is 1. The van der Waals surface area contributed by atoms with Gasteiger partial charge in [0.2, 0.25) is 11.8 Å². The van der Waals surface area contributed by atoms with Crippen molar-refractivity contribution in [2.45, 2.75) is 19.0 Å². The molecule has 0 aromatic heterocycles. The van der Waals surface area contributed by atoms with Crippen LogP contribution in [0.4, 0.5) is 5.69 Å². The molecule has 166 valence electrons. The van der Waals surface area contributed by atoms with Crippen molar-refractivity contribution in [2.75, 3.05) is 4.90 Å². The molecule has 0 N–H and O–H groups in total. The molecule has 2 amide bonds. The summed E-state index contributed by atoms with van der Waals surface area (Å²) in [5, 5.41) is 6.36. The molecule has 0 spiro atoms. The zero-order chi connectivity index (χ0) is 23.3. The molecule has 0 saturated carbocycles. The van der Waals surface area contributed by atoms with Gasteiger partial charge in [-0.3, -0.25) is 24.2 Å². The summed E-state index contributed by atoms with van der Waals surface area (Å²) in [7, 11) is 0. The number of halogens is 1. The van der Waals surface area contributed by atoms with Crippen LogP contribution in [0.25, 0.3) is 0 Å². The molecule has 0 bridgehead atoms. The molecule has 0 unspecified atom stereocenters. The number of amides is 2. The van der Waals surface area contributed by atoms with Crippen LogP contribution in [-0.4, -0.2) is 46.9 Å². The molecule has 3 aliphatic heterocycles. The second-order valence-electron chi connectivity index (χ2n) is 7.99. The van der Waals surface area contributed by atoms with Gasteiger partial charge in [-0.15, -0.1) is 0 Å². The van der Waals surface area contributed by atoms with Gasteiger partial charge in [0.25, 0.3) is 0 Å². The van der Waals surface area contributed by atoms with Gasteiger partial charge in [-0.25, -0.2) is 4.90 Å². The zero-order valence-corrected chi connectivity index (χ0v) is 18.2. The number of Topliss-reactive ketones (excluding diaryl/α,β-unsaturated/α-hetero) is 1. The smallest absolute Gasteiger partial charge is 0.308 e. The van der Waals surface area contributed by atoms with E-state index in [9.17, 15) is 19.2 Å². The Labute approximate surface area is 194 Å². The van der Waals surface area contributed by atoms with Crippen LogP contribution in [0.1, 0.15) is 17.3 Å². The number of nitrogens with zero attached hydrogens (tertiary/aromatic N) is 3. The first kappa shape index (κ1) is 21.1. The van der Waals surface area contributed by atoms with Crippen LogP contribution >= 0.6 is 11.6 Å². The van der Waals surface area contributed by atoms with Gasteiger partial charge in [-0.05, 0) is 54.6 Å². The highest BCUT2D eigenvalue weighted by Gasteiger charge is 2.64. The highest BCUT2D eigenvalue weighted by molar-refractivity contribution is 6.31. The summed E-state index contributed by atoms with van der Waals surface area (Å²) in [5.74, 6) is -2.95. The highest BCUT2D eigenvalue weighted by Crippen LogP contribution is 2.46. The lowest BCUT2D eigenvalue weighted by Crippen LogP contribution is -2.46. The molecular weight excluding hydrogens is 446 g/mol. The van der Waals surface area contributed by atoms with E-state index >= 15 is 0 Å². The summed E-state index contributed by atoms with van der Waals surface area (Å²) in [6.45, 7) is 1.29. The number of carbonyl (C=O) groups is 4. The SMILES string of the molecule is CC(=O)Oc1ccc(C(=O)[C@H]2[C@@H]3C(=O)N(c4ccc(Cl)cc4)C(=O)[C@@H]3[C@H]3C=CC=NN32)cc1. The van der Waals surface area contributed by atoms with Gasteiger partial charge in [0.15, 0.2) is 5.78 Å². The summed E-state index contributed by atoms with van der Waals surface area (Å²) in [6, 6.07) is 11.1. The summed E-state index contributed by atoms with van der Waals surface area (Å²) in [5.41, 5.74) is 0.737. The Morgan fingerprint density at radius 3 is 2.30 bits per heavy atom. The second kappa shape index (κ2) is 7.97. The number of ketones is 1. The molecule has 0 aliphatic carbocycles. The van der Waals surface area contributed by atoms with Gasteiger partial charge in [0, 0.05) is 23.7 Å². The Kier molecular flexibility index (Phi) is 5.09. The molecule has 0 radical (unpaired) electrons. The normalized spacial score (nSPS) is 25.3. The van der Waals surface area contributed by atoms with E-state index in [-0.39, 0.29) is 11.7 Å². The molecule has 2 aromatic rings. The first-order valence-electron chi connectivity index (χ1n) is 10.3. The van der Waals surface area contributed by atoms with Crippen LogP contribution in [0.5, 0.6) is 5.75 Å². The Morgan fingerprint density at radius 1 is 0.970 bits per heavy atom. The van der Waals surface area contributed by atoms with Gasteiger partial charge < -0.3 is 4.74 Å². The van der Waals surface area contributed by atoms with Crippen molar-refractivity contribution in [2.24, 2.45) is 16.9 Å². The van der Waals surface area contributed by atoms with Crippen LogP contribution in [-0.2, 0) is 14.4 Å². The number of anilines is 1. The maximum Gasteiger partial charge on any atom is 0.308 e. The van der Waals surface area contributed by atoms with Crippen molar-refractivity contribution in [3.8, 4) is 5.75 Å². The summed E-state index contributed by atoms with van der Waals surface area (Å²) in [6.07, 6.45) is 5.04. The lowest BCUT2D eigenvalue weighted by Gasteiger charge is -2.30. The molecule has 9 heteroatoms. The third-order valence-electron chi connectivity index (χ3n) is 6.04. The maximum atomic E-state index is 13.6.